The van der Waals surface area contributed by atoms with Crippen molar-refractivity contribution in [3.05, 3.63) is 71.8 Å². The second kappa shape index (κ2) is 12.3. The van der Waals surface area contributed by atoms with Crippen molar-refractivity contribution in [2.24, 2.45) is 0 Å². The summed E-state index contributed by atoms with van der Waals surface area (Å²) < 4.78 is 69.8. The summed E-state index contributed by atoms with van der Waals surface area (Å²) in [6.07, 6.45) is -6.42. The van der Waals surface area contributed by atoms with Crippen LogP contribution in [0.3, 0.4) is 0 Å². The summed E-state index contributed by atoms with van der Waals surface area (Å²) >= 11 is 0. The highest BCUT2D eigenvalue weighted by Gasteiger charge is 2.61. The van der Waals surface area contributed by atoms with E-state index in [1.165, 1.54) is 0 Å². The van der Waals surface area contributed by atoms with E-state index in [0.29, 0.717) is 13.2 Å². The Morgan fingerprint density at radius 2 is 1.43 bits per heavy atom. The molecule has 11 nitrogen and oxygen atoms in total. The Labute approximate surface area is 257 Å². The summed E-state index contributed by atoms with van der Waals surface area (Å²) in [7, 11) is 1.60. The van der Waals surface area contributed by atoms with Crippen LogP contribution in [0.25, 0.3) is 0 Å². The zero-order valence-corrected chi connectivity index (χ0v) is 25.7. The highest BCUT2D eigenvalue weighted by molar-refractivity contribution is 5.17. The molecule has 11 heteroatoms. The third-order valence-corrected chi connectivity index (χ3v) is 8.61. The van der Waals surface area contributed by atoms with Crippen molar-refractivity contribution < 1.29 is 52.1 Å². The first kappa shape index (κ1) is 30.6. The molecule has 11 atom stereocenters. The van der Waals surface area contributed by atoms with Gasteiger partial charge in [-0.05, 0) is 33.3 Å². The molecule has 0 aromatic heterocycles. The van der Waals surface area contributed by atoms with Crippen LogP contribution in [0.2, 0.25) is 0 Å². The number of benzene rings is 2. The van der Waals surface area contributed by atoms with Gasteiger partial charge < -0.3 is 52.1 Å². The van der Waals surface area contributed by atoms with Crippen LogP contribution < -0.4 is 0 Å². The first-order chi connectivity index (χ1) is 21.2. The average molecular weight is 615 g/mol. The van der Waals surface area contributed by atoms with E-state index in [0.717, 1.165) is 11.1 Å². The van der Waals surface area contributed by atoms with Gasteiger partial charge in [0, 0.05) is 12.7 Å². The van der Waals surface area contributed by atoms with Crippen LogP contribution in [0, 0.1) is 0 Å². The van der Waals surface area contributed by atoms with Crippen molar-refractivity contribution in [2.75, 3.05) is 20.3 Å². The van der Waals surface area contributed by atoms with E-state index in [-0.39, 0.29) is 6.61 Å². The Balaban J connectivity index is 1.21. The van der Waals surface area contributed by atoms with Crippen molar-refractivity contribution in [3.63, 3.8) is 0 Å². The maximum absolute atomic E-state index is 7.11. The molecule has 240 valence electrons. The fraction of sp³-hybridized carbons (Fsp3) is 0.636. The van der Waals surface area contributed by atoms with Gasteiger partial charge in [0.1, 0.15) is 48.8 Å². The van der Waals surface area contributed by atoms with Crippen molar-refractivity contribution >= 4 is 0 Å². The molecule has 0 bridgehead atoms. The standard InChI is InChI=1S/C33H42O11/c1-32(2)37-18-22(42-32)24-26(28-31(41-24)44-33(3,4)43-28)39-25-23-21(17-36-29(40-23)20-14-10-7-11-15-20)38-30(34-5)27(25)35-16-19-12-8-6-9-13-19/h6-15,21-31H,16-18H2,1-5H3/t21-,22-,23-,24-,25+,26+,27+,28-,29-,30+,31-/m1/s1. The van der Waals surface area contributed by atoms with Gasteiger partial charge in [0.15, 0.2) is 30.4 Å². The van der Waals surface area contributed by atoms with Crippen LogP contribution in [0.5, 0.6) is 0 Å². The van der Waals surface area contributed by atoms with Crippen LogP contribution in [0.1, 0.15) is 45.1 Å². The molecule has 5 aliphatic rings. The Bertz CT molecular complexity index is 1240. The molecule has 0 amide bonds. The first-order valence-electron chi connectivity index (χ1n) is 15.3. The second-order valence-electron chi connectivity index (χ2n) is 12.7. The van der Waals surface area contributed by atoms with Gasteiger partial charge in [0.25, 0.3) is 0 Å². The Morgan fingerprint density at radius 1 is 0.705 bits per heavy atom. The molecule has 0 radical (unpaired) electrons. The smallest absolute Gasteiger partial charge is 0.190 e. The van der Waals surface area contributed by atoms with Crippen molar-refractivity contribution in [1.82, 2.24) is 0 Å². The predicted octanol–water partition coefficient (Wildman–Crippen LogP) is 3.84. The Hall–Kier alpha value is -2.00. The summed E-state index contributed by atoms with van der Waals surface area (Å²) in [4.78, 5) is 0. The average Bonchev–Trinajstić information content (AvgIpc) is 3.65. The van der Waals surface area contributed by atoms with E-state index in [1.807, 2.05) is 88.4 Å². The molecule has 0 aliphatic carbocycles. The maximum Gasteiger partial charge on any atom is 0.190 e. The van der Waals surface area contributed by atoms with Crippen LogP contribution in [-0.4, -0.2) is 93.3 Å². The number of methoxy groups -OCH3 is 1. The van der Waals surface area contributed by atoms with Gasteiger partial charge in [-0.15, -0.1) is 0 Å². The van der Waals surface area contributed by atoms with E-state index in [2.05, 4.69) is 0 Å². The van der Waals surface area contributed by atoms with E-state index in [9.17, 15) is 0 Å². The topological polar surface area (TPSA) is 102 Å². The largest absolute Gasteiger partial charge is 0.365 e. The molecule has 0 spiro atoms. The third-order valence-electron chi connectivity index (χ3n) is 8.61. The van der Waals surface area contributed by atoms with Crippen LogP contribution in [0.15, 0.2) is 60.7 Å². The molecule has 0 N–H and O–H groups in total. The molecule has 0 saturated carbocycles. The summed E-state index contributed by atoms with van der Waals surface area (Å²) in [5, 5.41) is 0. The minimum atomic E-state index is -0.849. The molecule has 5 heterocycles. The SMILES string of the molecule is CO[C@H]1O[C@@H]2CO[C@@H](c3ccccc3)O[C@H]2[C@H](O[C@@H]2[C@H]3OC(C)(C)O[C@H]3O[C@@H]2[C@H]2COC(C)(C)O2)[C@@H]1OCc1ccccc1. The van der Waals surface area contributed by atoms with Gasteiger partial charge in [-0.3, -0.25) is 0 Å². The molecular formula is C33H42O11. The van der Waals surface area contributed by atoms with Gasteiger partial charge in [0.2, 0.25) is 0 Å². The molecule has 7 rings (SSSR count). The van der Waals surface area contributed by atoms with Crippen molar-refractivity contribution in [2.45, 2.75) is 114 Å². The third kappa shape index (κ3) is 6.21. The summed E-state index contributed by atoms with van der Waals surface area (Å²) in [5.74, 6) is -1.60. The molecule has 5 saturated heterocycles. The second-order valence-corrected chi connectivity index (χ2v) is 12.7. The van der Waals surface area contributed by atoms with E-state index >= 15 is 0 Å². The first-order valence-corrected chi connectivity index (χ1v) is 15.3. The molecule has 44 heavy (non-hydrogen) atoms. The minimum absolute atomic E-state index is 0.284. The van der Waals surface area contributed by atoms with Gasteiger partial charge in [-0.25, -0.2) is 0 Å². The predicted molar refractivity (Wildman–Crippen MR) is 153 cm³/mol. The van der Waals surface area contributed by atoms with Gasteiger partial charge in [-0.2, -0.15) is 0 Å². The molecular weight excluding hydrogens is 572 g/mol. The van der Waals surface area contributed by atoms with Crippen molar-refractivity contribution in [1.29, 1.82) is 0 Å². The van der Waals surface area contributed by atoms with E-state index in [1.54, 1.807) is 7.11 Å². The van der Waals surface area contributed by atoms with Crippen molar-refractivity contribution in [3.8, 4) is 0 Å². The number of hydrogen-bond acceptors (Lipinski definition) is 11. The number of fused-ring (bicyclic) bond motifs is 2. The quantitative estimate of drug-likeness (QED) is 0.434. The highest BCUT2D eigenvalue weighted by atomic mass is 16.9. The monoisotopic (exact) mass is 614 g/mol. The highest BCUT2D eigenvalue weighted by Crippen LogP contribution is 2.45. The zero-order chi connectivity index (χ0) is 30.5. The van der Waals surface area contributed by atoms with E-state index in [4.69, 9.17) is 52.1 Å². The fourth-order valence-electron chi connectivity index (χ4n) is 6.63. The lowest BCUT2D eigenvalue weighted by molar-refractivity contribution is -0.375. The maximum atomic E-state index is 7.11. The Kier molecular flexibility index (Phi) is 8.57. The summed E-state index contributed by atoms with van der Waals surface area (Å²) in [6, 6.07) is 19.8. The van der Waals surface area contributed by atoms with E-state index < -0.39 is 79.3 Å². The summed E-state index contributed by atoms with van der Waals surface area (Å²) in [6.45, 7) is 8.44. The zero-order valence-electron chi connectivity index (χ0n) is 25.7. The Morgan fingerprint density at radius 3 is 2.14 bits per heavy atom. The van der Waals surface area contributed by atoms with Gasteiger partial charge >= 0.3 is 0 Å². The van der Waals surface area contributed by atoms with Crippen LogP contribution >= 0.6 is 0 Å². The van der Waals surface area contributed by atoms with Gasteiger partial charge in [0.05, 0.1) is 19.8 Å². The number of hydrogen-bond donors (Lipinski definition) is 0. The lowest BCUT2D eigenvalue weighted by Gasteiger charge is -2.49. The minimum Gasteiger partial charge on any atom is -0.365 e. The molecule has 5 fully saturated rings. The van der Waals surface area contributed by atoms with Gasteiger partial charge in [-0.1, -0.05) is 60.7 Å². The summed E-state index contributed by atoms with van der Waals surface area (Å²) in [5.41, 5.74) is 1.91. The molecule has 5 aliphatic heterocycles. The lowest BCUT2D eigenvalue weighted by atomic mass is 9.96. The fourth-order valence-corrected chi connectivity index (χ4v) is 6.63. The van der Waals surface area contributed by atoms with Crippen LogP contribution in [0.4, 0.5) is 0 Å². The number of rotatable bonds is 8. The lowest BCUT2D eigenvalue weighted by Crippen LogP contribution is -2.65. The number of ether oxygens (including phenoxy) is 11. The normalized spacial score (nSPS) is 40.9. The molecule has 2 aromatic carbocycles. The molecule has 2 aromatic rings. The molecule has 0 unspecified atom stereocenters. The van der Waals surface area contributed by atoms with Crippen LogP contribution in [-0.2, 0) is 58.7 Å².